The van der Waals surface area contributed by atoms with Crippen molar-refractivity contribution in [2.45, 2.75) is 13.5 Å². The molecule has 0 saturated carbocycles. The minimum atomic E-state index is -0.564. The molecule has 136 valence electrons. The maximum atomic E-state index is 11.4. The SMILES string of the molecule is CCOC(=O)C=Cc1cc(NCc2ccc(OC)cc2)ncc1[N+](=O)[O-]. The highest BCUT2D eigenvalue weighted by Gasteiger charge is 2.13. The van der Waals surface area contributed by atoms with Crippen molar-refractivity contribution in [3.63, 3.8) is 0 Å². The van der Waals surface area contributed by atoms with E-state index in [-0.39, 0.29) is 17.9 Å². The van der Waals surface area contributed by atoms with E-state index < -0.39 is 10.9 Å². The van der Waals surface area contributed by atoms with Crippen LogP contribution in [0.5, 0.6) is 5.75 Å². The van der Waals surface area contributed by atoms with Crippen LogP contribution in [0.4, 0.5) is 11.5 Å². The van der Waals surface area contributed by atoms with E-state index in [1.54, 1.807) is 14.0 Å². The molecule has 2 aromatic rings. The lowest BCUT2D eigenvalue weighted by Crippen LogP contribution is -2.03. The van der Waals surface area contributed by atoms with Gasteiger partial charge in [-0.3, -0.25) is 10.1 Å². The molecule has 0 saturated heterocycles. The lowest BCUT2D eigenvalue weighted by Gasteiger charge is -2.07. The Morgan fingerprint density at radius 1 is 1.35 bits per heavy atom. The summed E-state index contributed by atoms with van der Waals surface area (Å²) in [6.07, 6.45) is 3.65. The van der Waals surface area contributed by atoms with E-state index in [1.807, 2.05) is 24.3 Å². The summed E-state index contributed by atoms with van der Waals surface area (Å²) >= 11 is 0. The molecule has 0 amide bonds. The van der Waals surface area contributed by atoms with Gasteiger partial charge in [0.25, 0.3) is 5.69 Å². The Balaban J connectivity index is 2.14. The highest BCUT2D eigenvalue weighted by Crippen LogP contribution is 2.22. The third-order valence-corrected chi connectivity index (χ3v) is 3.43. The summed E-state index contributed by atoms with van der Waals surface area (Å²) in [5.74, 6) is 0.648. The summed E-state index contributed by atoms with van der Waals surface area (Å²) in [4.78, 5) is 26.0. The fraction of sp³-hybridized carbons (Fsp3) is 0.222. The second kappa shape index (κ2) is 9.16. The van der Waals surface area contributed by atoms with E-state index >= 15 is 0 Å². The molecule has 0 radical (unpaired) electrons. The highest BCUT2D eigenvalue weighted by molar-refractivity contribution is 5.88. The zero-order valence-electron chi connectivity index (χ0n) is 14.5. The van der Waals surface area contributed by atoms with Gasteiger partial charge in [0.05, 0.1) is 24.2 Å². The van der Waals surface area contributed by atoms with E-state index in [4.69, 9.17) is 9.47 Å². The number of nitro groups is 1. The number of hydrogen-bond acceptors (Lipinski definition) is 7. The fourth-order valence-electron chi connectivity index (χ4n) is 2.13. The van der Waals surface area contributed by atoms with Crippen LogP contribution in [0.25, 0.3) is 6.08 Å². The number of pyridine rings is 1. The number of hydrogen-bond donors (Lipinski definition) is 1. The molecule has 8 nitrogen and oxygen atoms in total. The van der Waals surface area contributed by atoms with Crippen LogP contribution in [0.2, 0.25) is 0 Å². The predicted octanol–water partition coefficient (Wildman–Crippen LogP) is 3.19. The first-order valence-electron chi connectivity index (χ1n) is 7.89. The number of methoxy groups -OCH3 is 1. The molecule has 1 heterocycles. The molecule has 0 atom stereocenters. The van der Waals surface area contributed by atoms with Crippen molar-refractivity contribution in [3.8, 4) is 5.75 Å². The van der Waals surface area contributed by atoms with Crippen molar-refractivity contribution < 1.29 is 19.2 Å². The first-order chi connectivity index (χ1) is 12.5. The van der Waals surface area contributed by atoms with Crippen LogP contribution in [0.1, 0.15) is 18.1 Å². The van der Waals surface area contributed by atoms with Gasteiger partial charge in [0.1, 0.15) is 17.8 Å². The molecule has 2 rings (SSSR count). The fourth-order valence-corrected chi connectivity index (χ4v) is 2.13. The predicted molar refractivity (Wildman–Crippen MR) is 96.9 cm³/mol. The molecular weight excluding hydrogens is 338 g/mol. The molecule has 26 heavy (non-hydrogen) atoms. The average Bonchev–Trinajstić information content (AvgIpc) is 2.65. The van der Waals surface area contributed by atoms with Crippen LogP contribution in [0.3, 0.4) is 0 Å². The number of ether oxygens (including phenoxy) is 2. The molecule has 0 spiro atoms. The Bertz CT molecular complexity index is 803. The van der Waals surface area contributed by atoms with Crippen LogP contribution < -0.4 is 10.1 Å². The summed E-state index contributed by atoms with van der Waals surface area (Å²) in [6.45, 7) is 2.40. The normalized spacial score (nSPS) is 10.5. The number of aromatic nitrogens is 1. The second-order valence-corrected chi connectivity index (χ2v) is 5.17. The van der Waals surface area contributed by atoms with Crippen LogP contribution in [0, 0.1) is 10.1 Å². The van der Waals surface area contributed by atoms with Crippen molar-refractivity contribution in [2.24, 2.45) is 0 Å². The van der Waals surface area contributed by atoms with Gasteiger partial charge in [0.2, 0.25) is 0 Å². The van der Waals surface area contributed by atoms with Gasteiger partial charge in [-0.15, -0.1) is 0 Å². The molecule has 0 aliphatic rings. The maximum absolute atomic E-state index is 11.4. The standard InChI is InChI=1S/C18H19N3O5/c1-3-26-18(22)9-6-14-10-17(20-12-16(14)21(23)24)19-11-13-4-7-15(25-2)8-5-13/h4-10,12H,3,11H2,1-2H3,(H,19,20). The molecule has 1 aromatic heterocycles. The van der Waals surface area contributed by atoms with Crippen LogP contribution in [-0.4, -0.2) is 29.6 Å². The van der Waals surface area contributed by atoms with Crippen LogP contribution >= 0.6 is 0 Å². The molecule has 1 aromatic carbocycles. The van der Waals surface area contributed by atoms with Crippen molar-refractivity contribution in [3.05, 3.63) is 63.8 Å². The van der Waals surface area contributed by atoms with Gasteiger partial charge in [-0.2, -0.15) is 0 Å². The Morgan fingerprint density at radius 2 is 2.08 bits per heavy atom. The van der Waals surface area contributed by atoms with Gasteiger partial charge in [0, 0.05) is 12.6 Å². The van der Waals surface area contributed by atoms with E-state index in [2.05, 4.69) is 10.3 Å². The molecule has 0 bridgehead atoms. The van der Waals surface area contributed by atoms with Gasteiger partial charge >= 0.3 is 5.97 Å². The van der Waals surface area contributed by atoms with Gasteiger partial charge < -0.3 is 14.8 Å². The Hall–Kier alpha value is -3.42. The van der Waals surface area contributed by atoms with Crippen LogP contribution in [0.15, 0.2) is 42.6 Å². The minimum Gasteiger partial charge on any atom is -0.497 e. The molecule has 0 aliphatic carbocycles. The number of benzene rings is 1. The van der Waals surface area contributed by atoms with Crippen LogP contribution in [-0.2, 0) is 16.1 Å². The van der Waals surface area contributed by atoms with Crippen molar-refractivity contribution >= 4 is 23.6 Å². The van der Waals surface area contributed by atoms with E-state index in [0.717, 1.165) is 23.6 Å². The van der Waals surface area contributed by atoms with Gasteiger partial charge in [0.15, 0.2) is 0 Å². The Morgan fingerprint density at radius 3 is 2.69 bits per heavy atom. The lowest BCUT2D eigenvalue weighted by molar-refractivity contribution is -0.385. The minimum absolute atomic E-state index is 0.194. The summed E-state index contributed by atoms with van der Waals surface area (Å²) < 4.78 is 9.89. The van der Waals surface area contributed by atoms with E-state index in [0.29, 0.717) is 12.4 Å². The lowest BCUT2D eigenvalue weighted by atomic mass is 10.2. The summed E-state index contributed by atoms with van der Waals surface area (Å²) in [5, 5.41) is 14.2. The number of nitrogens with zero attached hydrogens (tertiary/aromatic N) is 2. The molecule has 0 fully saturated rings. The van der Waals surface area contributed by atoms with Crippen molar-refractivity contribution in [1.29, 1.82) is 0 Å². The summed E-state index contributed by atoms with van der Waals surface area (Å²) in [6, 6.07) is 9.00. The third-order valence-electron chi connectivity index (χ3n) is 3.43. The molecular formula is C18H19N3O5. The second-order valence-electron chi connectivity index (χ2n) is 5.17. The number of rotatable bonds is 8. The number of carbonyl (C=O) groups excluding carboxylic acids is 1. The summed E-state index contributed by atoms with van der Waals surface area (Å²) in [7, 11) is 1.60. The Kier molecular flexibility index (Phi) is 6.67. The maximum Gasteiger partial charge on any atom is 0.330 e. The first kappa shape index (κ1) is 18.9. The number of anilines is 1. The first-order valence-corrected chi connectivity index (χ1v) is 7.89. The smallest absolute Gasteiger partial charge is 0.330 e. The topological polar surface area (TPSA) is 104 Å². The monoisotopic (exact) mass is 357 g/mol. The molecule has 0 aliphatic heterocycles. The quantitative estimate of drug-likeness (QED) is 0.335. The number of carbonyl (C=O) groups is 1. The average molecular weight is 357 g/mol. The zero-order chi connectivity index (χ0) is 18.9. The van der Waals surface area contributed by atoms with Crippen molar-refractivity contribution in [1.82, 2.24) is 4.98 Å². The molecule has 8 heteroatoms. The van der Waals surface area contributed by atoms with Gasteiger partial charge in [-0.05, 0) is 36.8 Å². The highest BCUT2D eigenvalue weighted by atomic mass is 16.6. The largest absolute Gasteiger partial charge is 0.497 e. The van der Waals surface area contributed by atoms with E-state index in [9.17, 15) is 14.9 Å². The molecule has 1 N–H and O–H groups in total. The van der Waals surface area contributed by atoms with E-state index in [1.165, 1.54) is 12.1 Å². The zero-order valence-corrected chi connectivity index (χ0v) is 14.5. The Labute approximate surface area is 150 Å². The third kappa shape index (κ3) is 5.30. The number of nitrogens with one attached hydrogen (secondary N) is 1. The molecule has 0 unspecified atom stereocenters. The summed E-state index contributed by atoms with van der Waals surface area (Å²) in [5.41, 5.74) is 1.06. The van der Waals surface area contributed by atoms with Gasteiger partial charge in [-0.25, -0.2) is 9.78 Å². The van der Waals surface area contributed by atoms with Gasteiger partial charge in [-0.1, -0.05) is 12.1 Å². The van der Waals surface area contributed by atoms with Crippen molar-refractivity contribution in [2.75, 3.05) is 19.0 Å². The number of esters is 1.